The van der Waals surface area contributed by atoms with Gasteiger partial charge in [0.25, 0.3) is 0 Å². The monoisotopic (exact) mass is 303 g/mol. The van der Waals surface area contributed by atoms with Gasteiger partial charge in [-0.25, -0.2) is 0 Å². The molecule has 2 aliphatic heterocycles. The van der Waals surface area contributed by atoms with Crippen molar-refractivity contribution in [3.05, 3.63) is 0 Å². The normalized spacial score (nSPS) is 37.4. The molecule has 0 aromatic heterocycles. The zero-order valence-electron chi connectivity index (χ0n) is 13.9. The van der Waals surface area contributed by atoms with Crippen molar-refractivity contribution in [3.8, 4) is 0 Å². The van der Waals surface area contributed by atoms with Crippen LogP contribution >= 0.6 is 0 Å². The molecule has 0 unspecified atom stereocenters. The smallest absolute Gasteiger partial charge is 0.235 e. The Labute approximate surface area is 133 Å². The molecule has 22 heavy (non-hydrogen) atoms. The first-order valence-electron chi connectivity index (χ1n) is 9.33. The van der Waals surface area contributed by atoms with Crippen LogP contribution in [0.2, 0.25) is 0 Å². The number of hydrogen-bond donors (Lipinski definition) is 1. The molecule has 3 fully saturated rings. The number of hydrogen-bond acceptors (Lipinski definition) is 3. The predicted octanol–water partition coefficient (Wildman–Crippen LogP) is 2.73. The second-order valence-corrected chi connectivity index (χ2v) is 7.95. The fraction of sp³-hybridized carbons (Fsp3) is 0.889. The average Bonchev–Trinajstić information content (AvgIpc) is 2.48. The molecule has 2 bridgehead atoms. The van der Waals surface area contributed by atoms with E-state index in [-0.39, 0.29) is 11.1 Å². The summed E-state index contributed by atoms with van der Waals surface area (Å²) in [6, 6.07) is 0. The van der Waals surface area contributed by atoms with E-state index in [4.69, 9.17) is 4.99 Å². The van der Waals surface area contributed by atoms with Gasteiger partial charge >= 0.3 is 0 Å². The Morgan fingerprint density at radius 1 is 1.23 bits per heavy atom. The lowest BCUT2D eigenvalue weighted by Gasteiger charge is -2.54. The number of likely N-dealkylation sites (tertiary alicyclic amines) is 1. The third-order valence-electron chi connectivity index (χ3n) is 6.34. The number of aliphatic imine (C=N–C) groups is 1. The number of nitrogens with zero attached hydrogens (tertiary/aromatic N) is 2. The van der Waals surface area contributed by atoms with Gasteiger partial charge in [0, 0.05) is 24.7 Å². The topological polar surface area (TPSA) is 44.7 Å². The zero-order valence-corrected chi connectivity index (χ0v) is 13.9. The summed E-state index contributed by atoms with van der Waals surface area (Å²) >= 11 is 0. The minimum absolute atomic E-state index is 0.239. The Hall–Kier alpha value is -0.900. The average molecular weight is 303 g/mol. The molecule has 2 saturated carbocycles. The lowest BCUT2D eigenvalue weighted by molar-refractivity contribution is -0.134. The van der Waals surface area contributed by atoms with Crippen LogP contribution in [0.25, 0.3) is 0 Å². The van der Waals surface area contributed by atoms with Crippen molar-refractivity contribution < 1.29 is 4.79 Å². The summed E-state index contributed by atoms with van der Waals surface area (Å²) in [6.45, 7) is 5.37. The molecule has 2 aliphatic carbocycles. The highest BCUT2D eigenvalue weighted by atomic mass is 16.2. The van der Waals surface area contributed by atoms with E-state index in [0.29, 0.717) is 11.8 Å². The Bertz CT molecular complexity index is 495. The zero-order chi connectivity index (χ0) is 15.2. The molecule has 0 radical (unpaired) electrons. The van der Waals surface area contributed by atoms with Crippen LogP contribution in [-0.2, 0) is 4.79 Å². The summed E-state index contributed by atoms with van der Waals surface area (Å²) in [7, 11) is 0. The van der Waals surface area contributed by atoms with E-state index >= 15 is 0 Å². The maximum absolute atomic E-state index is 13.2. The minimum Gasteiger partial charge on any atom is -0.331 e. The van der Waals surface area contributed by atoms with Gasteiger partial charge in [-0.05, 0) is 51.5 Å². The standard InChI is InChI=1S/C18H29N3O/c1-2-11-21-12-14-7-6-8-17(13-21)15(14)19-18(20-16(17)22)9-4-3-5-10-18/h14H,2-13H2,1H3,(H,20,22)/t14-,17-/m0/s1. The van der Waals surface area contributed by atoms with Crippen LogP contribution in [0.3, 0.4) is 0 Å². The van der Waals surface area contributed by atoms with Crippen LogP contribution in [0.15, 0.2) is 4.99 Å². The largest absolute Gasteiger partial charge is 0.331 e. The molecule has 1 spiro atoms. The second kappa shape index (κ2) is 5.33. The fourth-order valence-corrected chi connectivity index (χ4v) is 5.35. The summed E-state index contributed by atoms with van der Waals surface area (Å²) < 4.78 is 0. The van der Waals surface area contributed by atoms with Crippen LogP contribution in [0.1, 0.15) is 64.7 Å². The van der Waals surface area contributed by atoms with E-state index in [9.17, 15) is 4.79 Å². The van der Waals surface area contributed by atoms with Crippen molar-refractivity contribution in [2.24, 2.45) is 16.3 Å². The molecule has 122 valence electrons. The van der Waals surface area contributed by atoms with Gasteiger partial charge in [-0.15, -0.1) is 0 Å². The van der Waals surface area contributed by atoms with Crippen LogP contribution in [0.5, 0.6) is 0 Å². The lowest BCUT2D eigenvalue weighted by Crippen LogP contribution is -2.69. The predicted molar refractivity (Wildman–Crippen MR) is 87.9 cm³/mol. The first-order valence-corrected chi connectivity index (χ1v) is 9.33. The molecule has 0 aromatic carbocycles. The highest BCUT2D eigenvalue weighted by Gasteiger charge is 2.57. The van der Waals surface area contributed by atoms with Crippen LogP contribution in [0, 0.1) is 11.3 Å². The number of rotatable bonds is 2. The Morgan fingerprint density at radius 2 is 2.05 bits per heavy atom. The summed E-state index contributed by atoms with van der Waals surface area (Å²) in [4.78, 5) is 21.0. The quantitative estimate of drug-likeness (QED) is 0.852. The third-order valence-corrected chi connectivity index (χ3v) is 6.34. The molecule has 0 aromatic rings. The molecule has 4 heteroatoms. The van der Waals surface area contributed by atoms with Gasteiger partial charge in [0.05, 0.1) is 5.41 Å². The number of amides is 1. The summed E-state index contributed by atoms with van der Waals surface area (Å²) in [5, 5.41) is 3.39. The van der Waals surface area contributed by atoms with E-state index in [2.05, 4.69) is 17.1 Å². The van der Waals surface area contributed by atoms with E-state index in [1.54, 1.807) is 0 Å². The Balaban J connectivity index is 1.71. The van der Waals surface area contributed by atoms with Crippen molar-refractivity contribution in [1.29, 1.82) is 0 Å². The Morgan fingerprint density at radius 3 is 2.82 bits per heavy atom. The number of piperidine rings is 1. The van der Waals surface area contributed by atoms with Crippen molar-refractivity contribution in [3.63, 3.8) is 0 Å². The summed E-state index contributed by atoms with van der Waals surface area (Å²) in [6.07, 6.45) is 10.4. The molecule has 2 atom stereocenters. The molecule has 1 N–H and O–H groups in total. The first kappa shape index (κ1) is 14.7. The molecular weight excluding hydrogens is 274 g/mol. The first-order chi connectivity index (χ1) is 10.7. The maximum Gasteiger partial charge on any atom is 0.235 e. The molecule has 4 aliphatic rings. The number of nitrogens with one attached hydrogen (secondary N) is 1. The van der Waals surface area contributed by atoms with E-state index in [1.165, 1.54) is 44.2 Å². The number of carbonyl (C=O) groups excluding carboxylic acids is 1. The van der Waals surface area contributed by atoms with E-state index in [1.807, 2.05) is 0 Å². The summed E-state index contributed by atoms with van der Waals surface area (Å²) in [5.74, 6) is 0.823. The molecular formula is C18H29N3O. The second-order valence-electron chi connectivity index (χ2n) is 7.95. The van der Waals surface area contributed by atoms with Gasteiger partial charge in [0.15, 0.2) is 0 Å². The van der Waals surface area contributed by atoms with Crippen molar-refractivity contribution in [2.75, 3.05) is 19.6 Å². The van der Waals surface area contributed by atoms with Gasteiger partial charge < -0.3 is 10.2 Å². The van der Waals surface area contributed by atoms with Crippen LogP contribution in [-0.4, -0.2) is 41.8 Å². The third kappa shape index (κ3) is 2.14. The highest BCUT2D eigenvalue weighted by Crippen LogP contribution is 2.47. The molecule has 4 rings (SSSR count). The molecule has 2 heterocycles. The minimum atomic E-state index is -0.293. The molecule has 1 amide bonds. The van der Waals surface area contributed by atoms with Crippen molar-refractivity contribution >= 4 is 11.6 Å². The highest BCUT2D eigenvalue weighted by molar-refractivity contribution is 6.12. The lowest BCUT2D eigenvalue weighted by atomic mass is 9.62. The van der Waals surface area contributed by atoms with Gasteiger partial charge in [-0.3, -0.25) is 9.79 Å². The maximum atomic E-state index is 13.2. The van der Waals surface area contributed by atoms with Gasteiger partial charge in [-0.1, -0.05) is 19.8 Å². The van der Waals surface area contributed by atoms with Gasteiger partial charge in [-0.2, -0.15) is 0 Å². The summed E-state index contributed by atoms with van der Waals surface area (Å²) in [5.41, 5.74) is 0.757. The van der Waals surface area contributed by atoms with Gasteiger partial charge in [0.1, 0.15) is 5.66 Å². The van der Waals surface area contributed by atoms with Crippen LogP contribution in [0.4, 0.5) is 0 Å². The van der Waals surface area contributed by atoms with Crippen LogP contribution < -0.4 is 5.32 Å². The Kier molecular flexibility index (Phi) is 3.55. The van der Waals surface area contributed by atoms with E-state index < -0.39 is 0 Å². The SMILES string of the molecule is CCCN1C[C@@H]2CCC[C@@]3(C1)C(=O)NC1(CCCCC1)N=C23. The van der Waals surface area contributed by atoms with E-state index in [0.717, 1.165) is 38.9 Å². The fourth-order valence-electron chi connectivity index (χ4n) is 5.35. The van der Waals surface area contributed by atoms with Crippen molar-refractivity contribution in [2.45, 2.75) is 70.4 Å². The molecule has 4 nitrogen and oxygen atoms in total. The number of carbonyl (C=O) groups is 1. The van der Waals surface area contributed by atoms with Gasteiger partial charge in [0.2, 0.25) is 5.91 Å². The van der Waals surface area contributed by atoms with Crippen molar-refractivity contribution in [1.82, 2.24) is 10.2 Å². The molecule has 1 saturated heterocycles.